The molecule has 0 unspecified atom stereocenters. The molecule has 1 fully saturated rings. The van der Waals surface area contributed by atoms with E-state index in [9.17, 15) is 4.79 Å². The lowest BCUT2D eigenvalue weighted by Crippen LogP contribution is -2.44. The van der Waals surface area contributed by atoms with Gasteiger partial charge in [-0.2, -0.15) is 15.0 Å². The van der Waals surface area contributed by atoms with Crippen molar-refractivity contribution in [3.8, 4) is 6.01 Å². The van der Waals surface area contributed by atoms with E-state index in [0.29, 0.717) is 31.5 Å². The van der Waals surface area contributed by atoms with E-state index in [2.05, 4.69) is 25.6 Å². The molecule has 0 radical (unpaired) electrons. The molecule has 146 valence electrons. The normalized spacial score (nSPS) is 15.5. The van der Waals surface area contributed by atoms with Crippen LogP contribution < -0.4 is 15.4 Å². The lowest BCUT2D eigenvalue weighted by molar-refractivity contribution is 0.0210. The van der Waals surface area contributed by atoms with E-state index in [1.165, 1.54) is 7.11 Å². The minimum atomic E-state index is -0.494. The zero-order chi connectivity index (χ0) is 19.2. The number of methoxy groups -OCH3 is 1. The highest BCUT2D eigenvalue weighted by Crippen LogP contribution is 2.19. The first-order valence-corrected chi connectivity index (χ1v) is 8.70. The summed E-state index contributed by atoms with van der Waals surface area (Å²) >= 11 is 0. The van der Waals surface area contributed by atoms with Crippen molar-refractivity contribution < 1.29 is 19.4 Å². The first-order chi connectivity index (χ1) is 12.3. The summed E-state index contributed by atoms with van der Waals surface area (Å²) in [6.45, 7) is 7.08. The van der Waals surface area contributed by atoms with E-state index in [-0.39, 0.29) is 24.8 Å². The van der Waals surface area contributed by atoms with Crippen molar-refractivity contribution in [1.29, 1.82) is 0 Å². The molecule has 1 amide bonds. The lowest BCUT2D eigenvalue weighted by Gasteiger charge is -2.33. The smallest absolute Gasteiger partial charge is 0.410 e. The van der Waals surface area contributed by atoms with Crippen molar-refractivity contribution in [3.05, 3.63) is 0 Å². The van der Waals surface area contributed by atoms with Crippen LogP contribution in [-0.4, -0.2) is 76.0 Å². The predicted octanol–water partition coefficient (Wildman–Crippen LogP) is 1.10. The van der Waals surface area contributed by atoms with Crippen LogP contribution in [0.15, 0.2) is 0 Å². The molecule has 0 aliphatic carbocycles. The molecule has 1 saturated heterocycles. The van der Waals surface area contributed by atoms with Crippen LogP contribution in [0.2, 0.25) is 0 Å². The Morgan fingerprint density at radius 2 is 1.88 bits per heavy atom. The van der Waals surface area contributed by atoms with Crippen molar-refractivity contribution in [2.24, 2.45) is 0 Å². The summed E-state index contributed by atoms with van der Waals surface area (Å²) in [5.74, 6) is 0.729. The van der Waals surface area contributed by atoms with Crippen LogP contribution in [0.25, 0.3) is 0 Å². The number of amides is 1. The number of carbonyl (C=O) groups is 1. The van der Waals surface area contributed by atoms with Crippen LogP contribution in [0.5, 0.6) is 6.01 Å². The van der Waals surface area contributed by atoms with E-state index >= 15 is 0 Å². The van der Waals surface area contributed by atoms with E-state index in [1.54, 1.807) is 4.90 Å². The van der Waals surface area contributed by atoms with Crippen molar-refractivity contribution in [3.63, 3.8) is 0 Å². The van der Waals surface area contributed by atoms with Gasteiger partial charge in [0.15, 0.2) is 0 Å². The topological polar surface area (TPSA) is 122 Å². The molecular formula is C16H28N6O4. The fourth-order valence-electron chi connectivity index (χ4n) is 2.47. The Labute approximate surface area is 153 Å². The first kappa shape index (κ1) is 20.0. The van der Waals surface area contributed by atoms with Gasteiger partial charge in [0, 0.05) is 25.7 Å². The molecule has 1 aliphatic rings. The highest BCUT2D eigenvalue weighted by molar-refractivity contribution is 5.68. The Kier molecular flexibility index (Phi) is 6.78. The second-order valence-corrected chi connectivity index (χ2v) is 7.01. The Balaban J connectivity index is 1.91. The summed E-state index contributed by atoms with van der Waals surface area (Å²) in [6.07, 6.45) is 1.23. The molecule has 0 saturated carbocycles. The van der Waals surface area contributed by atoms with E-state index in [4.69, 9.17) is 14.6 Å². The lowest BCUT2D eigenvalue weighted by atomic mass is 10.1. The van der Waals surface area contributed by atoms with Gasteiger partial charge in [-0.25, -0.2) is 4.79 Å². The van der Waals surface area contributed by atoms with Crippen LogP contribution in [0.4, 0.5) is 16.7 Å². The van der Waals surface area contributed by atoms with E-state index in [1.807, 2.05) is 20.8 Å². The van der Waals surface area contributed by atoms with Crippen LogP contribution >= 0.6 is 0 Å². The van der Waals surface area contributed by atoms with Gasteiger partial charge >= 0.3 is 12.1 Å². The zero-order valence-corrected chi connectivity index (χ0v) is 15.8. The van der Waals surface area contributed by atoms with E-state index in [0.717, 1.165) is 12.8 Å². The molecular weight excluding hydrogens is 340 g/mol. The Hall–Kier alpha value is -2.36. The second-order valence-electron chi connectivity index (χ2n) is 7.01. The molecule has 10 nitrogen and oxygen atoms in total. The SMILES string of the molecule is COc1nc(NCCO)nc(NC2CCN(C(=O)OC(C)(C)C)CC2)n1. The first-order valence-electron chi connectivity index (χ1n) is 8.70. The van der Waals surface area contributed by atoms with Gasteiger partial charge in [-0.3, -0.25) is 0 Å². The number of piperidine rings is 1. The molecule has 3 N–H and O–H groups in total. The summed E-state index contributed by atoms with van der Waals surface area (Å²) in [7, 11) is 1.48. The largest absolute Gasteiger partial charge is 0.467 e. The number of hydrogen-bond donors (Lipinski definition) is 3. The van der Waals surface area contributed by atoms with Gasteiger partial charge in [-0.05, 0) is 33.6 Å². The molecule has 0 bridgehead atoms. The van der Waals surface area contributed by atoms with Crippen molar-refractivity contribution in [2.45, 2.75) is 45.3 Å². The van der Waals surface area contributed by atoms with Crippen molar-refractivity contribution in [2.75, 3.05) is 44.0 Å². The number of ether oxygens (including phenoxy) is 2. The zero-order valence-electron chi connectivity index (χ0n) is 15.8. The maximum atomic E-state index is 12.1. The fraction of sp³-hybridized carbons (Fsp3) is 0.750. The summed E-state index contributed by atoms with van der Waals surface area (Å²) in [5.41, 5.74) is -0.494. The molecule has 0 aromatic carbocycles. The number of rotatable bonds is 6. The molecule has 10 heteroatoms. The predicted molar refractivity (Wildman–Crippen MR) is 96.4 cm³/mol. The average Bonchev–Trinajstić information content (AvgIpc) is 2.59. The number of nitrogens with zero attached hydrogens (tertiary/aromatic N) is 4. The molecule has 2 rings (SSSR count). The number of anilines is 2. The van der Waals surface area contributed by atoms with Gasteiger partial charge in [0.1, 0.15) is 5.60 Å². The van der Waals surface area contributed by atoms with Crippen LogP contribution in [0.1, 0.15) is 33.6 Å². The number of aliphatic hydroxyl groups is 1. The number of carbonyl (C=O) groups excluding carboxylic acids is 1. The van der Waals surface area contributed by atoms with Crippen molar-refractivity contribution >= 4 is 18.0 Å². The Morgan fingerprint density at radius 3 is 2.46 bits per heavy atom. The number of aromatic nitrogens is 3. The second kappa shape index (κ2) is 8.84. The summed E-state index contributed by atoms with van der Waals surface area (Å²) < 4.78 is 10.5. The maximum absolute atomic E-state index is 12.1. The third-order valence-corrected chi connectivity index (χ3v) is 3.67. The molecule has 1 aliphatic heterocycles. The highest BCUT2D eigenvalue weighted by Gasteiger charge is 2.27. The molecule has 1 aromatic rings. The van der Waals surface area contributed by atoms with E-state index < -0.39 is 5.60 Å². The summed E-state index contributed by atoms with van der Waals surface area (Å²) in [5, 5.41) is 15.0. The average molecular weight is 368 g/mol. The standard InChI is InChI=1S/C16H28N6O4/c1-16(2,3)26-15(24)22-8-5-11(6-9-22)18-13-19-12(17-7-10-23)20-14(21-13)25-4/h11,23H,5-10H2,1-4H3,(H2,17,18,19,20,21). The maximum Gasteiger partial charge on any atom is 0.410 e. The van der Waals surface area contributed by atoms with Gasteiger partial charge in [-0.1, -0.05) is 0 Å². The number of hydrogen-bond acceptors (Lipinski definition) is 9. The molecule has 0 spiro atoms. The quantitative estimate of drug-likeness (QED) is 0.677. The highest BCUT2D eigenvalue weighted by atomic mass is 16.6. The third kappa shape index (κ3) is 6.17. The summed E-state index contributed by atoms with van der Waals surface area (Å²) in [6, 6.07) is 0.320. The number of nitrogens with one attached hydrogen (secondary N) is 2. The summed E-state index contributed by atoms with van der Waals surface area (Å²) in [4.78, 5) is 26.4. The van der Waals surface area contributed by atoms with Gasteiger partial charge in [0.25, 0.3) is 0 Å². The fourth-order valence-corrected chi connectivity index (χ4v) is 2.47. The molecule has 1 aromatic heterocycles. The van der Waals surface area contributed by atoms with Crippen LogP contribution in [0.3, 0.4) is 0 Å². The molecule has 26 heavy (non-hydrogen) atoms. The minimum absolute atomic E-state index is 0.0279. The number of aliphatic hydroxyl groups excluding tert-OH is 1. The Bertz CT molecular complexity index is 599. The Morgan fingerprint density at radius 1 is 1.23 bits per heavy atom. The molecule has 0 atom stereocenters. The van der Waals surface area contributed by atoms with Crippen LogP contribution in [0, 0.1) is 0 Å². The van der Waals surface area contributed by atoms with Crippen molar-refractivity contribution in [1.82, 2.24) is 19.9 Å². The van der Waals surface area contributed by atoms with Gasteiger partial charge in [-0.15, -0.1) is 0 Å². The monoisotopic (exact) mass is 368 g/mol. The van der Waals surface area contributed by atoms with Gasteiger partial charge in [0.05, 0.1) is 13.7 Å². The third-order valence-electron chi connectivity index (χ3n) is 3.67. The molecule has 2 heterocycles. The van der Waals surface area contributed by atoms with Gasteiger partial charge in [0.2, 0.25) is 11.9 Å². The minimum Gasteiger partial charge on any atom is -0.467 e. The van der Waals surface area contributed by atoms with Crippen LogP contribution in [-0.2, 0) is 4.74 Å². The number of likely N-dealkylation sites (tertiary alicyclic amines) is 1. The van der Waals surface area contributed by atoms with Gasteiger partial charge < -0.3 is 30.1 Å².